The van der Waals surface area contributed by atoms with Gasteiger partial charge < -0.3 is 16.0 Å². The molecule has 2 atom stereocenters. The summed E-state index contributed by atoms with van der Waals surface area (Å²) >= 11 is 11.8. The second kappa shape index (κ2) is 7.70. The molecule has 1 aromatic carbocycles. The lowest BCUT2D eigenvalue weighted by molar-refractivity contribution is -0.123. The highest BCUT2D eigenvalue weighted by Crippen LogP contribution is 2.25. The van der Waals surface area contributed by atoms with Gasteiger partial charge in [0.2, 0.25) is 11.8 Å². The van der Waals surface area contributed by atoms with Crippen molar-refractivity contribution in [2.24, 2.45) is 0 Å². The summed E-state index contributed by atoms with van der Waals surface area (Å²) in [5, 5.41) is 9.68. The van der Waals surface area contributed by atoms with Crippen molar-refractivity contribution < 1.29 is 9.59 Å². The first-order chi connectivity index (χ1) is 10.5. The van der Waals surface area contributed by atoms with E-state index in [0.717, 1.165) is 18.5 Å². The largest absolute Gasteiger partial charge is 0.374 e. The molecule has 120 valence electrons. The van der Waals surface area contributed by atoms with Crippen LogP contribution in [0.25, 0.3) is 0 Å². The number of rotatable bonds is 4. The van der Waals surface area contributed by atoms with Crippen LogP contribution in [-0.4, -0.2) is 30.4 Å². The summed E-state index contributed by atoms with van der Waals surface area (Å²) in [6, 6.07) is 4.55. The number of nitrogens with one attached hydrogen (secondary N) is 3. The average molecular weight is 344 g/mol. The van der Waals surface area contributed by atoms with E-state index in [2.05, 4.69) is 16.0 Å². The average Bonchev–Trinajstić information content (AvgIpc) is 2.67. The Hall–Kier alpha value is -1.46. The number of halogens is 2. The number of hydrogen-bond acceptors (Lipinski definition) is 3. The zero-order valence-electron chi connectivity index (χ0n) is 12.3. The minimum Gasteiger partial charge on any atom is -0.374 e. The van der Waals surface area contributed by atoms with Gasteiger partial charge in [-0.05, 0) is 38.0 Å². The van der Waals surface area contributed by atoms with Gasteiger partial charge in [0.05, 0.1) is 10.0 Å². The number of hydrogen-bond donors (Lipinski definition) is 3. The summed E-state index contributed by atoms with van der Waals surface area (Å²) in [5.41, 5.74) is 0.718. The molecule has 22 heavy (non-hydrogen) atoms. The Morgan fingerprint density at radius 3 is 2.86 bits per heavy atom. The van der Waals surface area contributed by atoms with Crippen LogP contribution in [-0.2, 0) is 9.59 Å². The number of carbonyl (C=O) groups excluding carboxylic acids is 2. The molecule has 1 unspecified atom stereocenters. The van der Waals surface area contributed by atoms with Gasteiger partial charge in [-0.3, -0.25) is 9.59 Å². The topological polar surface area (TPSA) is 70.2 Å². The van der Waals surface area contributed by atoms with Crippen molar-refractivity contribution in [2.45, 2.75) is 38.3 Å². The van der Waals surface area contributed by atoms with E-state index in [4.69, 9.17) is 23.2 Å². The predicted octanol–water partition coefficient (Wildman–Crippen LogP) is 2.58. The number of amides is 2. The number of anilines is 1. The van der Waals surface area contributed by atoms with E-state index >= 15 is 0 Å². The van der Waals surface area contributed by atoms with E-state index < -0.39 is 6.04 Å². The molecule has 2 amide bonds. The fourth-order valence-corrected chi connectivity index (χ4v) is 2.62. The predicted molar refractivity (Wildman–Crippen MR) is 88.3 cm³/mol. The van der Waals surface area contributed by atoms with Crippen molar-refractivity contribution in [1.29, 1.82) is 0 Å². The molecule has 1 heterocycles. The van der Waals surface area contributed by atoms with Crippen LogP contribution in [0, 0.1) is 0 Å². The molecular weight excluding hydrogens is 325 g/mol. The van der Waals surface area contributed by atoms with E-state index in [1.807, 2.05) is 0 Å². The first-order valence-electron chi connectivity index (χ1n) is 7.24. The van der Waals surface area contributed by atoms with Crippen LogP contribution in [0.15, 0.2) is 18.2 Å². The van der Waals surface area contributed by atoms with Gasteiger partial charge in [0.25, 0.3) is 0 Å². The van der Waals surface area contributed by atoms with Crippen LogP contribution >= 0.6 is 23.2 Å². The Bertz CT molecular complexity index is 566. The lowest BCUT2D eigenvalue weighted by Crippen LogP contribution is -2.44. The van der Waals surface area contributed by atoms with Crippen LogP contribution in [0.2, 0.25) is 10.0 Å². The van der Waals surface area contributed by atoms with Gasteiger partial charge >= 0.3 is 0 Å². The van der Waals surface area contributed by atoms with Crippen LogP contribution in [0.1, 0.15) is 26.2 Å². The van der Waals surface area contributed by atoms with Crippen molar-refractivity contribution in [3.05, 3.63) is 28.2 Å². The molecule has 7 heteroatoms. The Balaban J connectivity index is 1.90. The maximum atomic E-state index is 12.2. The maximum absolute atomic E-state index is 12.2. The summed E-state index contributed by atoms with van der Waals surface area (Å²) in [4.78, 5) is 23.7. The lowest BCUT2D eigenvalue weighted by Gasteiger charge is -2.20. The van der Waals surface area contributed by atoms with Crippen LogP contribution in [0.5, 0.6) is 0 Å². The van der Waals surface area contributed by atoms with Crippen molar-refractivity contribution >= 4 is 40.7 Å². The number of carbonyl (C=O) groups is 2. The molecule has 1 saturated heterocycles. The summed E-state index contributed by atoms with van der Waals surface area (Å²) in [6.07, 6.45) is 1.99. The molecular formula is C15H19Cl2N3O2. The molecule has 2 rings (SSSR count). The standard InChI is InChI=1S/C15H19Cl2N3O2/c1-9(19-11-4-5-12(16)13(17)7-11)15(22)20-10-3-2-6-18-14(21)8-10/h4-5,7,9-10,19H,2-3,6,8H2,1H3,(H,18,21)(H,20,22)/t9-,10?/m1/s1. The second-order valence-electron chi connectivity index (χ2n) is 5.40. The zero-order valence-corrected chi connectivity index (χ0v) is 13.8. The molecule has 0 aliphatic carbocycles. The van der Waals surface area contributed by atoms with Crippen molar-refractivity contribution in [2.75, 3.05) is 11.9 Å². The van der Waals surface area contributed by atoms with Crippen LogP contribution in [0.4, 0.5) is 5.69 Å². The Labute approximate surface area is 139 Å². The van der Waals surface area contributed by atoms with Gasteiger partial charge in [-0.25, -0.2) is 0 Å². The van der Waals surface area contributed by atoms with E-state index in [1.54, 1.807) is 25.1 Å². The molecule has 0 bridgehead atoms. The van der Waals surface area contributed by atoms with E-state index in [0.29, 0.717) is 23.0 Å². The molecule has 5 nitrogen and oxygen atoms in total. The second-order valence-corrected chi connectivity index (χ2v) is 6.21. The van der Waals surface area contributed by atoms with Gasteiger partial charge in [-0.15, -0.1) is 0 Å². The molecule has 0 spiro atoms. The third-order valence-electron chi connectivity index (χ3n) is 3.53. The van der Waals surface area contributed by atoms with Gasteiger partial charge in [-0.2, -0.15) is 0 Å². The third-order valence-corrected chi connectivity index (χ3v) is 4.26. The van der Waals surface area contributed by atoms with Gasteiger partial charge in [0, 0.05) is 24.7 Å². The Morgan fingerprint density at radius 1 is 1.36 bits per heavy atom. The molecule has 0 aromatic heterocycles. The monoisotopic (exact) mass is 343 g/mol. The highest BCUT2D eigenvalue weighted by molar-refractivity contribution is 6.42. The fraction of sp³-hybridized carbons (Fsp3) is 0.467. The number of benzene rings is 1. The molecule has 1 aliphatic heterocycles. The zero-order chi connectivity index (χ0) is 16.1. The van der Waals surface area contributed by atoms with E-state index in [9.17, 15) is 9.59 Å². The molecule has 0 saturated carbocycles. The lowest BCUT2D eigenvalue weighted by atomic mass is 10.1. The summed E-state index contributed by atoms with van der Waals surface area (Å²) in [6.45, 7) is 2.43. The molecule has 1 fully saturated rings. The summed E-state index contributed by atoms with van der Waals surface area (Å²) < 4.78 is 0. The van der Waals surface area contributed by atoms with Crippen LogP contribution in [0.3, 0.4) is 0 Å². The van der Waals surface area contributed by atoms with Gasteiger partial charge in [0.1, 0.15) is 6.04 Å². The highest BCUT2D eigenvalue weighted by atomic mass is 35.5. The quantitative estimate of drug-likeness (QED) is 0.786. The maximum Gasteiger partial charge on any atom is 0.242 e. The first-order valence-corrected chi connectivity index (χ1v) is 8.00. The van der Waals surface area contributed by atoms with Crippen molar-refractivity contribution in [3.8, 4) is 0 Å². The minimum atomic E-state index is -0.441. The first kappa shape index (κ1) is 16.9. The van der Waals surface area contributed by atoms with Crippen molar-refractivity contribution in [1.82, 2.24) is 10.6 Å². The van der Waals surface area contributed by atoms with Crippen LogP contribution < -0.4 is 16.0 Å². The normalized spacial score (nSPS) is 19.8. The van der Waals surface area contributed by atoms with Crippen molar-refractivity contribution in [3.63, 3.8) is 0 Å². The Kier molecular flexibility index (Phi) is 5.91. The molecule has 0 radical (unpaired) electrons. The summed E-state index contributed by atoms with van der Waals surface area (Å²) in [7, 11) is 0. The highest BCUT2D eigenvalue weighted by Gasteiger charge is 2.21. The molecule has 1 aliphatic rings. The Morgan fingerprint density at radius 2 is 2.14 bits per heavy atom. The smallest absolute Gasteiger partial charge is 0.242 e. The van der Waals surface area contributed by atoms with Gasteiger partial charge in [0.15, 0.2) is 0 Å². The minimum absolute atomic E-state index is 0.0205. The molecule has 1 aromatic rings. The van der Waals surface area contributed by atoms with Gasteiger partial charge in [-0.1, -0.05) is 23.2 Å². The van der Waals surface area contributed by atoms with E-state index in [1.165, 1.54) is 0 Å². The summed E-state index contributed by atoms with van der Waals surface area (Å²) in [5.74, 6) is -0.168. The molecule has 3 N–H and O–H groups in total. The third kappa shape index (κ3) is 4.78. The fourth-order valence-electron chi connectivity index (χ4n) is 2.33. The van der Waals surface area contributed by atoms with E-state index in [-0.39, 0.29) is 17.9 Å². The SMILES string of the molecule is C[C@@H](Nc1ccc(Cl)c(Cl)c1)C(=O)NC1CCCNC(=O)C1.